The van der Waals surface area contributed by atoms with Crippen LogP contribution in [0.4, 0.5) is 40.1 Å². The highest BCUT2D eigenvalue weighted by molar-refractivity contribution is 6.41. The van der Waals surface area contributed by atoms with Gasteiger partial charge in [-0.1, -0.05) is 78.5 Å². The number of rotatable bonds is 8. The third-order valence-corrected chi connectivity index (χ3v) is 14.2. The first-order valence-corrected chi connectivity index (χ1v) is 23.4. The monoisotopic (exact) mass is 988 g/mol. The van der Waals surface area contributed by atoms with E-state index in [-0.39, 0.29) is 54.2 Å². The standard InChI is InChI=1S/C50H44Cl4N10O4/c1-26-17-32-47(68-25-64(48(32)65)43-37(53)9-6-10-38(43)54)61-45(26)59-30-11-13-34-31(19-30)41(58-23-50(34,3)4)39-22-62(16-15-56-39)40-14-12-29(18-28(40)20-55)60-46-27(2)44-33(21-57-46)49(66)63(24-67-44)42-35(51)7-5-8-36(42)52/h5-14,17-19,21,39,41,56,58H,15-16,22-25H2,1-4H3,(H,57,60)(H,59,61). The summed E-state index contributed by atoms with van der Waals surface area (Å²) in [4.78, 5) is 41.8. The average Bonchev–Trinajstić information content (AvgIpc) is 3.31. The van der Waals surface area contributed by atoms with Crippen molar-refractivity contribution in [3.05, 3.63) is 144 Å². The van der Waals surface area contributed by atoms with Gasteiger partial charge in [-0.3, -0.25) is 19.4 Å². The fourth-order valence-electron chi connectivity index (χ4n) is 9.45. The number of pyridine rings is 2. The van der Waals surface area contributed by atoms with E-state index in [0.717, 1.165) is 29.0 Å². The Labute approximate surface area is 413 Å². The number of aromatic nitrogens is 2. The van der Waals surface area contributed by atoms with Gasteiger partial charge >= 0.3 is 0 Å². The van der Waals surface area contributed by atoms with E-state index < -0.39 is 0 Å². The predicted molar refractivity (Wildman–Crippen MR) is 267 cm³/mol. The van der Waals surface area contributed by atoms with Crippen molar-refractivity contribution >= 4 is 98.3 Å². The van der Waals surface area contributed by atoms with Crippen LogP contribution in [0.3, 0.4) is 0 Å². The molecule has 4 aromatic carbocycles. The van der Waals surface area contributed by atoms with Crippen LogP contribution < -0.4 is 45.4 Å². The molecule has 0 radical (unpaired) electrons. The lowest BCUT2D eigenvalue weighted by atomic mass is 9.75. The van der Waals surface area contributed by atoms with Crippen molar-refractivity contribution in [2.75, 3.05) is 65.0 Å². The van der Waals surface area contributed by atoms with Crippen LogP contribution >= 0.6 is 46.4 Å². The van der Waals surface area contributed by atoms with Crippen LogP contribution in [-0.4, -0.2) is 67.5 Å². The molecule has 0 aliphatic carbocycles. The molecule has 6 aromatic rings. The number of halogens is 4. The van der Waals surface area contributed by atoms with Gasteiger partial charge in [-0.15, -0.1) is 0 Å². The van der Waals surface area contributed by atoms with Gasteiger partial charge in [0.15, 0.2) is 13.5 Å². The first-order chi connectivity index (χ1) is 32.7. The molecule has 346 valence electrons. The second-order valence-corrected chi connectivity index (χ2v) is 19.4. The Morgan fingerprint density at radius 2 is 1.43 bits per heavy atom. The molecule has 4 aliphatic rings. The zero-order valence-corrected chi connectivity index (χ0v) is 40.3. The molecule has 2 atom stereocenters. The van der Waals surface area contributed by atoms with Crippen molar-refractivity contribution in [1.29, 1.82) is 5.26 Å². The predicted octanol–water partition coefficient (Wildman–Crippen LogP) is 10.5. The fraction of sp³-hybridized carbons (Fsp3) is 0.260. The number of anilines is 7. The second kappa shape index (κ2) is 18.0. The summed E-state index contributed by atoms with van der Waals surface area (Å²) in [5.74, 6) is 1.05. The van der Waals surface area contributed by atoms with E-state index in [1.807, 2.05) is 32.0 Å². The van der Waals surface area contributed by atoms with Crippen molar-refractivity contribution in [3.63, 3.8) is 0 Å². The van der Waals surface area contributed by atoms with Gasteiger partial charge in [0, 0.05) is 66.8 Å². The molecule has 14 nitrogen and oxygen atoms in total. The highest BCUT2D eigenvalue weighted by Crippen LogP contribution is 2.43. The zero-order chi connectivity index (χ0) is 47.6. The fourth-order valence-corrected chi connectivity index (χ4v) is 10.7. The first-order valence-electron chi connectivity index (χ1n) is 21.9. The molecule has 2 aromatic heterocycles. The summed E-state index contributed by atoms with van der Waals surface area (Å²) in [6.45, 7) is 10.8. The minimum atomic E-state index is -0.329. The Morgan fingerprint density at radius 3 is 2.12 bits per heavy atom. The van der Waals surface area contributed by atoms with Crippen molar-refractivity contribution < 1.29 is 19.1 Å². The molecule has 2 amide bonds. The molecule has 1 saturated heterocycles. The van der Waals surface area contributed by atoms with Crippen molar-refractivity contribution in [3.8, 4) is 17.7 Å². The largest absolute Gasteiger partial charge is 0.471 e. The normalized spacial score (nSPS) is 18.4. The Bertz CT molecular complexity index is 3070. The van der Waals surface area contributed by atoms with Crippen molar-refractivity contribution in [2.24, 2.45) is 0 Å². The number of amides is 2. The highest BCUT2D eigenvalue weighted by Gasteiger charge is 2.39. The number of nitrogens with one attached hydrogen (secondary N) is 4. The van der Waals surface area contributed by atoms with E-state index in [9.17, 15) is 14.9 Å². The van der Waals surface area contributed by atoms with Gasteiger partial charge in [0.1, 0.15) is 34.6 Å². The van der Waals surface area contributed by atoms with Crippen LogP contribution in [0.2, 0.25) is 20.1 Å². The third kappa shape index (κ3) is 8.16. The molecule has 0 saturated carbocycles. The molecule has 0 bridgehead atoms. The van der Waals surface area contributed by atoms with Crippen LogP contribution in [0.1, 0.15) is 68.4 Å². The molecular formula is C50H44Cl4N10O4. The Hall–Kier alpha value is -6.31. The lowest BCUT2D eigenvalue weighted by Gasteiger charge is -2.45. The van der Waals surface area contributed by atoms with E-state index >= 15 is 0 Å². The Kier molecular flexibility index (Phi) is 12.0. The summed E-state index contributed by atoms with van der Waals surface area (Å²) in [7, 11) is 0. The van der Waals surface area contributed by atoms with E-state index in [1.54, 1.807) is 42.5 Å². The minimum Gasteiger partial charge on any atom is -0.471 e. The Balaban J connectivity index is 0.860. The number of piperazine rings is 1. The van der Waals surface area contributed by atoms with Gasteiger partial charge < -0.3 is 35.6 Å². The molecule has 68 heavy (non-hydrogen) atoms. The van der Waals surface area contributed by atoms with Crippen LogP contribution in [-0.2, 0) is 5.41 Å². The van der Waals surface area contributed by atoms with Crippen LogP contribution in [0, 0.1) is 25.2 Å². The maximum atomic E-state index is 13.7. The van der Waals surface area contributed by atoms with Gasteiger partial charge in [0.2, 0.25) is 5.88 Å². The highest BCUT2D eigenvalue weighted by atomic mass is 35.5. The number of ether oxygens (including phenoxy) is 2. The summed E-state index contributed by atoms with van der Waals surface area (Å²) in [5.41, 5.74) is 7.85. The van der Waals surface area contributed by atoms with E-state index in [2.05, 4.69) is 69.3 Å². The van der Waals surface area contributed by atoms with Gasteiger partial charge in [0.25, 0.3) is 11.8 Å². The number of nitrogens with zero attached hydrogens (tertiary/aromatic N) is 6. The smallest absolute Gasteiger partial charge is 0.266 e. The van der Waals surface area contributed by atoms with Crippen LogP contribution in [0.5, 0.6) is 11.6 Å². The number of para-hydroxylation sites is 2. The summed E-state index contributed by atoms with van der Waals surface area (Å²) in [5, 5.41) is 26.3. The lowest BCUT2D eigenvalue weighted by molar-refractivity contribution is 0.0926. The molecule has 1 fully saturated rings. The number of nitriles is 1. The number of benzene rings is 4. The molecule has 10 rings (SSSR count). The first kappa shape index (κ1) is 45.5. The zero-order valence-electron chi connectivity index (χ0n) is 37.3. The average molecular weight is 991 g/mol. The molecule has 0 spiro atoms. The summed E-state index contributed by atoms with van der Waals surface area (Å²) < 4.78 is 12.1. The number of fused-ring (bicyclic) bond motifs is 3. The lowest BCUT2D eigenvalue weighted by Crippen LogP contribution is -2.58. The number of hydrogen-bond donors (Lipinski definition) is 4. The van der Waals surface area contributed by atoms with Gasteiger partial charge in [-0.05, 0) is 91.2 Å². The summed E-state index contributed by atoms with van der Waals surface area (Å²) >= 11 is 25.7. The molecule has 18 heteroatoms. The van der Waals surface area contributed by atoms with E-state index in [4.69, 9.17) is 60.9 Å². The summed E-state index contributed by atoms with van der Waals surface area (Å²) in [6.07, 6.45) is 1.47. The van der Waals surface area contributed by atoms with Crippen LogP contribution in [0.15, 0.2) is 85.1 Å². The third-order valence-electron chi connectivity index (χ3n) is 12.9. The number of aryl methyl sites for hydroxylation is 1. The quantitative estimate of drug-likeness (QED) is 0.114. The molecule has 6 heterocycles. The number of carbonyl (C=O) groups is 2. The number of hydrogen-bond acceptors (Lipinski definition) is 12. The van der Waals surface area contributed by atoms with Gasteiger partial charge in [-0.2, -0.15) is 10.2 Å². The van der Waals surface area contributed by atoms with Crippen molar-refractivity contribution in [1.82, 2.24) is 20.6 Å². The van der Waals surface area contributed by atoms with Gasteiger partial charge in [0.05, 0.1) is 42.7 Å². The van der Waals surface area contributed by atoms with Crippen LogP contribution in [0.25, 0.3) is 0 Å². The Morgan fingerprint density at radius 1 is 0.794 bits per heavy atom. The second-order valence-electron chi connectivity index (χ2n) is 17.8. The maximum Gasteiger partial charge on any atom is 0.266 e. The number of carbonyl (C=O) groups excluding carboxylic acids is 2. The van der Waals surface area contributed by atoms with Crippen molar-refractivity contribution in [2.45, 2.75) is 45.2 Å². The van der Waals surface area contributed by atoms with E-state index in [0.29, 0.717) is 90.9 Å². The van der Waals surface area contributed by atoms with E-state index in [1.165, 1.54) is 21.6 Å². The SMILES string of the molecule is Cc1cc2c(nc1Nc1ccc3c(c1)C(C1CN(c4ccc(Nc5ncc6c(c5C)OCN(c5c(Cl)cccc5Cl)C6=O)cc4C#N)CCN1)NCC3(C)C)OCN(c1c(Cl)cccc1Cl)C2=O. The summed E-state index contributed by atoms with van der Waals surface area (Å²) in [6, 6.07) is 26.4. The topological polar surface area (TPSA) is 160 Å². The molecule has 4 aliphatic heterocycles. The van der Waals surface area contributed by atoms with Gasteiger partial charge in [-0.25, -0.2) is 4.98 Å². The molecule has 4 N–H and O–H groups in total. The molecular weight excluding hydrogens is 946 g/mol. The molecule has 2 unspecified atom stereocenters. The maximum absolute atomic E-state index is 13.7. The minimum absolute atomic E-state index is 0.00861.